The maximum Gasteiger partial charge on any atom is 0.573 e. The maximum absolute atomic E-state index is 14.3. The van der Waals surface area contributed by atoms with Gasteiger partial charge in [0, 0.05) is 12.0 Å². The summed E-state index contributed by atoms with van der Waals surface area (Å²) >= 11 is 0. The number of alkyl halides is 3. The topological polar surface area (TPSA) is 84.6 Å². The van der Waals surface area contributed by atoms with Crippen LogP contribution < -0.4 is 10.1 Å². The second-order valence-electron chi connectivity index (χ2n) is 7.78. The zero-order valence-electron chi connectivity index (χ0n) is 16.1. The highest BCUT2D eigenvalue weighted by atomic mass is 19.4. The van der Waals surface area contributed by atoms with Crippen LogP contribution in [0.5, 0.6) is 5.75 Å². The molecule has 1 atom stereocenters. The van der Waals surface area contributed by atoms with Gasteiger partial charge in [0.05, 0.1) is 17.3 Å². The highest BCUT2D eigenvalue weighted by Crippen LogP contribution is 2.40. The number of nitrogens with one attached hydrogen (secondary N) is 1. The molecule has 2 aromatic heterocycles. The number of benzene rings is 1. The Labute approximate surface area is 168 Å². The van der Waals surface area contributed by atoms with Gasteiger partial charge in [-0.1, -0.05) is 6.07 Å². The first-order valence-corrected chi connectivity index (χ1v) is 9.26. The number of fused-ring (bicyclic) bond motifs is 1. The van der Waals surface area contributed by atoms with Crippen molar-refractivity contribution >= 4 is 11.6 Å². The summed E-state index contributed by atoms with van der Waals surface area (Å²) < 4.78 is 56.7. The highest BCUT2D eigenvalue weighted by molar-refractivity contribution is 5.49. The number of aromatic nitrogens is 4. The second-order valence-corrected chi connectivity index (χ2v) is 7.78. The minimum Gasteiger partial charge on any atom is -0.403 e. The molecule has 30 heavy (non-hydrogen) atoms. The molecule has 2 heterocycles. The van der Waals surface area contributed by atoms with Crippen molar-refractivity contribution < 1.29 is 27.4 Å². The third kappa shape index (κ3) is 4.30. The molecule has 0 spiro atoms. The van der Waals surface area contributed by atoms with Crippen LogP contribution in [0.25, 0.3) is 5.78 Å². The van der Waals surface area contributed by atoms with Gasteiger partial charge in [-0.05, 0) is 44.4 Å². The van der Waals surface area contributed by atoms with Crippen molar-refractivity contribution in [1.82, 2.24) is 19.6 Å². The molecule has 0 amide bonds. The van der Waals surface area contributed by atoms with Gasteiger partial charge in [-0.3, -0.25) is 0 Å². The van der Waals surface area contributed by atoms with Crippen LogP contribution in [-0.2, 0) is 0 Å². The minimum absolute atomic E-state index is 0.229. The Morgan fingerprint density at radius 3 is 2.57 bits per heavy atom. The summed E-state index contributed by atoms with van der Waals surface area (Å²) in [6.07, 6.45) is -1.65. The normalized spacial score (nSPS) is 16.0. The summed E-state index contributed by atoms with van der Waals surface area (Å²) in [5.41, 5.74) is -0.352. The smallest absolute Gasteiger partial charge is 0.403 e. The Morgan fingerprint density at radius 1 is 1.23 bits per heavy atom. The van der Waals surface area contributed by atoms with Crippen LogP contribution >= 0.6 is 0 Å². The molecule has 4 rings (SSSR count). The van der Waals surface area contributed by atoms with Crippen LogP contribution in [0.2, 0.25) is 0 Å². The van der Waals surface area contributed by atoms with Crippen LogP contribution in [0, 0.1) is 5.82 Å². The molecule has 1 aliphatic carbocycles. The monoisotopic (exact) mass is 425 g/mol. The average molecular weight is 425 g/mol. The van der Waals surface area contributed by atoms with E-state index in [0.29, 0.717) is 17.5 Å². The number of nitrogens with zero attached hydrogens (tertiary/aromatic N) is 4. The van der Waals surface area contributed by atoms with Crippen LogP contribution in [0.3, 0.4) is 0 Å². The molecule has 3 aromatic rings. The Balaban J connectivity index is 1.71. The lowest BCUT2D eigenvalue weighted by Gasteiger charge is -2.31. The molecule has 2 N–H and O–H groups in total. The molecule has 7 nitrogen and oxygen atoms in total. The second kappa shape index (κ2) is 7.08. The lowest BCUT2D eigenvalue weighted by Crippen LogP contribution is -2.35. The number of aliphatic hydroxyl groups is 1. The first kappa shape index (κ1) is 20.3. The van der Waals surface area contributed by atoms with Gasteiger partial charge in [-0.2, -0.15) is 14.6 Å². The minimum atomic E-state index is -5.01. The number of hydrogen-bond donors (Lipinski definition) is 2. The van der Waals surface area contributed by atoms with Crippen molar-refractivity contribution in [3.05, 3.63) is 47.7 Å². The summed E-state index contributed by atoms with van der Waals surface area (Å²) in [4.78, 5) is 8.57. The lowest BCUT2D eigenvalue weighted by atomic mass is 9.91. The summed E-state index contributed by atoms with van der Waals surface area (Å²) in [6.45, 7) is 3.01. The molecule has 160 valence electrons. The largest absolute Gasteiger partial charge is 0.573 e. The van der Waals surface area contributed by atoms with Gasteiger partial charge in [0.15, 0.2) is 11.6 Å². The number of halogens is 4. The Hall–Kier alpha value is -2.95. The Morgan fingerprint density at radius 2 is 1.97 bits per heavy atom. The average Bonchev–Trinajstić information content (AvgIpc) is 3.37. The van der Waals surface area contributed by atoms with Crippen LogP contribution in [0.1, 0.15) is 49.9 Å². The van der Waals surface area contributed by atoms with E-state index in [1.165, 1.54) is 30.8 Å². The number of ether oxygens (including phenoxy) is 1. The van der Waals surface area contributed by atoms with Crippen LogP contribution in [0.15, 0.2) is 30.6 Å². The molecule has 0 bridgehead atoms. The highest BCUT2D eigenvalue weighted by Gasteiger charge is 2.34. The van der Waals surface area contributed by atoms with Gasteiger partial charge < -0.3 is 15.2 Å². The number of rotatable bonds is 6. The summed E-state index contributed by atoms with van der Waals surface area (Å²) in [5, 5.41) is 17.9. The first-order chi connectivity index (χ1) is 14.0. The van der Waals surface area contributed by atoms with Gasteiger partial charge in [-0.25, -0.2) is 9.37 Å². The summed E-state index contributed by atoms with van der Waals surface area (Å²) in [7, 11) is 0. The standard InChI is InChI=1S/C19H19F4N5O2/c1-18(2,29)16(11-5-6-14(12(20)7-11)30-19(21,22)23)27-15-8-13(10-3-4-10)26-17-24-9-25-28(15)17/h5-10,16,27,29H,3-4H2,1-2H3/t16-/m0/s1. The molecular weight excluding hydrogens is 406 g/mol. The third-order valence-corrected chi connectivity index (χ3v) is 4.78. The fourth-order valence-electron chi connectivity index (χ4n) is 3.24. The molecule has 1 saturated carbocycles. The van der Waals surface area contributed by atoms with E-state index >= 15 is 0 Å². The van der Waals surface area contributed by atoms with Gasteiger partial charge in [0.2, 0.25) is 0 Å². The predicted octanol–water partition coefficient (Wildman–Crippen LogP) is 3.96. The summed E-state index contributed by atoms with van der Waals surface area (Å²) in [6, 6.07) is 3.95. The number of anilines is 1. The van der Waals surface area contributed by atoms with Gasteiger partial charge >= 0.3 is 6.36 Å². The van der Waals surface area contributed by atoms with E-state index in [1.807, 2.05) is 0 Å². The van der Waals surface area contributed by atoms with Crippen molar-refractivity contribution in [2.45, 2.75) is 50.6 Å². The zero-order chi connectivity index (χ0) is 21.7. The van der Waals surface area contributed by atoms with E-state index in [9.17, 15) is 22.7 Å². The van der Waals surface area contributed by atoms with Crippen molar-refractivity contribution in [3.8, 4) is 5.75 Å². The predicted molar refractivity (Wildman–Crippen MR) is 98.5 cm³/mol. The van der Waals surface area contributed by atoms with Gasteiger partial charge in [0.1, 0.15) is 12.1 Å². The SMILES string of the molecule is CC(C)(O)[C@@H](Nc1cc(C2CC2)nc2ncnn12)c1ccc(OC(F)(F)F)c(F)c1. The van der Waals surface area contributed by atoms with E-state index < -0.39 is 29.6 Å². The molecule has 0 radical (unpaired) electrons. The molecule has 1 aromatic carbocycles. The Bertz CT molecular complexity index is 1070. The van der Waals surface area contributed by atoms with Gasteiger partial charge in [-0.15, -0.1) is 13.2 Å². The zero-order valence-corrected chi connectivity index (χ0v) is 16.1. The fourth-order valence-corrected chi connectivity index (χ4v) is 3.24. The lowest BCUT2D eigenvalue weighted by molar-refractivity contribution is -0.275. The van der Waals surface area contributed by atoms with Crippen LogP contribution in [-0.4, -0.2) is 36.7 Å². The summed E-state index contributed by atoms with van der Waals surface area (Å²) in [5.74, 6) is -0.970. The van der Waals surface area contributed by atoms with Crippen molar-refractivity contribution in [2.75, 3.05) is 5.32 Å². The molecule has 1 fully saturated rings. The van der Waals surface area contributed by atoms with E-state index in [-0.39, 0.29) is 5.56 Å². The quantitative estimate of drug-likeness (QED) is 0.582. The molecule has 0 aliphatic heterocycles. The Kier molecular flexibility index (Phi) is 4.80. The fraction of sp³-hybridized carbons (Fsp3) is 0.421. The molecule has 0 unspecified atom stereocenters. The number of hydrogen-bond acceptors (Lipinski definition) is 6. The van der Waals surface area contributed by atoms with Crippen LogP contribution in [0.4, 0.5) is 23.4 Å². The van der Waals surface area contributed by atoms with Gasteiger partial charge in [0.25, 0.3) is 5.78 Å². The van der Waals surface area contributed by atoms with E-state index in [0.717, 1.165) is 30.7 Å². The maximum atomic E-state index is 14.3. The third-order valence-electron chi connectivity index (χ3n) is 4.78. The first-order valence-electron chi connectivity index (χ1n) is 9.26. The molecule has 11 heteroatoms. The van der Waals surface area contributed by atoms with E-state index in [2.05, 4.69) is 25.1 Å². The van der Waals surface area contributed by atoms with Crippen molar-refractivity contribution in [2.24, 2.45) is 0 Å². The van der Waals surface area contributed by atoms with Crippen molar-refractivity contribution in [3.63, 3.8) is 0 Å². The van der Waals surface area contributed by atoms with Crippen molar-refractivity contribution in [1.29, 1.82) is 0 Å². The molecule has 0 saturated heterocycles. The molecule has 1 aliphatic rings. The molecular formula is C19H19F4N5O2. The van der Waals surface area contributed by atoms with E-state index in [4.69, 9.17) is 0 Å². The van der Waals surface area contributed by atoms with E-state index in [1.54, 1.807) is 6.07 Å².